The normalized spacial score (nSPS) is 16.9. The van der Waals surface area contributed by atoms with Gasteiger partial charge in [-0.05, 0) is 19.4 Å². The van der Waals surface area contributed by atoms with Crippen molar-refractivity contribution in [3.8, 4) is 0 Å². The Bertz CT molecular complexity index is 793. The molecule has 1 N–H and O–H groups in total. The largest absolute Gasteiger partial charge is 0.460 e. The lowest BCUT2D eigenvalue weighted by atomic mass is 10.1. The van der Waals surface area contributed by atoms with Gasteiger partial charge in [-0.15, -0.1) is 0 Å². The first kappa shape index (κ1) is 16.0. The molecule has 1 aromatic heterocycles. The zero-order valence-electron chi connectivity index (χ0n) is 13.2. The lowest BCUT2D eigenvalue weighted by molar-refractivity contribution is -0.147. The summed E-state index contributed by atoms with van der Waals surface area (Å²) in [4.78, 5) is 35.3. The topological polar surface area (TPSA) is 94.8 Å². The maximum absolute atomic E-state index is 12.1. The summed E-state index contributed by atoms with van der Waals surface area (Å²) in [6.45, 7) is 1.78. The molecule has 0 aliphatic carbocycles. The molecule has 2 aromatic rings. The number of carbonyl (C=O) groups is 3. The first-order chi connectivity index (χ1) is 11.6. The van der Waals surface area contributed by atoms with Crippen molar-refractivity contribution < 1.29 is 28.3 Å². The molecule has 1 amide bonds. The van der Waals surface area contributed by atoms with Crippen molar-refractivity contribution in [3.05, 3.63) is 35.6 Å². The molecule has 0 saturated carbocycles. The number of furan rings is 1. The molecule has 1 fully saturated rings. The molecule has 0 spiro atoms. The second-order valence-electron chi connectivity index (χ2n) is 5.39. The number of esters is 2. The SMILES string of the molecule is CCOC(=O)c1oc2ccccc2c1COC(=O)[C@H]1CCC(=O)N1. The van der Waals surface area contributed by atoms with Crippen LogP contribution in [0.4, 0.5) is 0 Å². The number of amides is 1. The summed E-state index contributed by atoms with van der Waals surface area (Å²) in [5.41, 5.74) is 0.975. The van der Waals surface area contributed by atoms with E-state index in [9.17, 15) is 14.4 Å². The molecule has 1 saturated heterocycles. The molecule has 1 aliphatic rings. The van der Waals surface area contributed by atoms with Gasteiger partial charge in [-0.1, -0.05) is 18.2 Å². The van der Waals surface area contributed by atoms with Gasteiger partial charge in [-0.3, -0.25) is 4.79 Å². The Balaban J connectivity index is 1.82. The van der Waals surface area contributed by atoms with Crippen LogP contribution in [0.1, 0.15) is 35.9 Å². The quantitative estimate of drug-likeness (QED) is 0.841. The van der Waals surface area contributed by atoms with Crippen LogP contribution in [0.3, 0.4) is 0 Å². The summed E-state index contributed by atoms with van der Waals surface area (Å²) in [5.74, 6) is -1.27. The zero-order chi connectivity index (χ0) is 17.1. The number of fused-ring (bicyclic) bond motifs is 1. The Morgan fingerprint density at radius 2 is 2.08 bits per heavy atom. The maximum atomic E-state index is 12.1. The van der Waals surface area contributed by atoms with Crippen molar-refractivity contribution >= 4 is 28.8 Å². The summed E-state index contributed by atoms with van der Waals surface area (Å²) in [6.07, 6.45) is 0.719. The third-order valence-electron chi connectivity index (χ3n) is 3.80. The standard InChI is InChI=1S/C17H17NO6/c1-2-22-17(21)15-11(10-5-3-4-6-13(10)24-15)9-23-16(20)12-7-8-14(19)18-12/h3-6,12H,2,7-9H2,1H3,(H,18,19)/t12-/m1/s1. The highest BCUT2D eigenvalue weighted by Crippen LogP contribution is 2.27. The van der Waals surface area contributed by atoms with E-state index in [-0.39, 0.29) is 24.9 Å². The van der Waals surface area contributed by atoms with Crippen molar-refractivity contribution in [1.29, 1.82) is 0 Å². The molecule has 126 valence electrons. The van der Waals surface area contributed by atoms with E-state index in [2.05, 4.69) is 5.32 Å². The molecular formula is C17H17NO6. The molecule has 1 aromatic carbocycles. The molecule has 1 atom stereocenters. The van der Waals surface area contributed by atoms with Crippen LogP contribution in [0.15, 0.2) is 28.7 Å². The predicted octanol–water partition coefficient (Wildman–Crippen LogP) is 1.93. The van der Waals surface area contributed by atoms with Gasteiger partial charge in [-0.2, -0.15) is 0 Å². The van der Waals surface area contributed by atoms with E-state index < -0.39 is 18.0 Å². The van der Waals surface area contributed by atoms with E-state index in [0.717, 1.165) is 0 Å². The number of hydrogen-bond acceptors (Lipinski definition) is 6. The number of benzene rings is 1. The van der Waals surface area contributed by atoms with Crippen molar-refractivity contribution in [2.45, 2.75) is 32.4 Å². The lowest BCUT2D eigenvalue weighted by Crippen LogP contribution is -2.34. The second-order valence-corrected chi connectivity index (χ2v) is 5.39. The smallest absolute Gasteiger partial charge is 0.374 e. The predicted molar refractivity (Wildman–Crippen MR) is 83.1 cm³/mol. The first-order valence-corrected chi connectivity index (χ1v) is 7.73. The molecule has 24 heavy (non-hydrogen) atoms. The molecule has 1 aliphatic heterocycles. The van der Waals surface area contributed by atoms with Gasteiger partial charge >= 0.3 is 11.9 Å². The lowest BCUT2D eigenvalue weighted by Gasteiger charge is -2.10. The summed E-state index contributed by atoms with van der Waals surface area (Å²) in [5, 5.41) is 3.23. The molecular weight excluding hydrogens is 314 g/mol. The minimum atomic E-state index is -0.637. The van der Waals surface area contributed by atoms with Crippen LogP contribution >= 0.6 is 0 Å². The molecule has 7 nitrogen and oxygen atoms in total. The van der Waals surface area contributed by atoms with Crippen LogP contribution < -0.4 is 5.32 Å². The first-order valence-electron chi connectivity index (χ1n) is 7.73. The van der Waals surface area contributed by atoms with Crippen molar-refractivity contribution in [2.75, 3.05) is 6.61 Å². The van der Waals surface area contributed by atoms with Crippen LogP contribution in [0.25, 0.3) is 11.0 Å². The van der Waals surface area contributed by atoms with Gasteiger partial charge in [0.1, 0.15) is 18.2 Å². The number of para-hydroxylation sites is 1. The summed E-state index contributed by atoms with van der Waals surface area (Å²) < 4.78 is 15.8. The van der Waals surface area contributed by atoms with Gasteiger partial charge in [0.2, 0.25) is 11.7 Å². The van der Waals surface area contributed by atoms with E-state index in [1.54, 1.807) is 31.2 Å². The Morgan fingerprint density at radius 1 is 1.29 bits per heavy atom. The van der Waals surface area contributed by atoms with E-state index in [4.69, 9.17) is 13.9 Å². The highest BCUT2D eigenvalue weighted by atomic mass is 16.5. The van der Waals surface area contributed by atoms with Gasteiger partial charge in [0.05, 0.1) is 12.2 Å². The van der Waals surface area contributed by atoms with Gasteiger partial charge in [0.25, 0.3) is 0 Å². The summed E-state index contributed by atoms with van der Waals surface area (Å²) in [7, 11) is 0. The van der Waals surface area contributed by atoms with Gasteiger partial charge in [-0.25, -0.2) is 9.59 Å². The second kappa shape index (κ2) is 6.74. The average molecular weight is 331 g/mol. The third kappa shape index (κ3) is 3.10. The number of hydrogen-bond donors (Lipinski definition) is 1. The Kier molecular flexibility index (Phi) is 4.50. The van der Waals surface area contributed by atoms with Crippen LogP contribution in [0.5, 0.6) is 0 Å². The number of nitrogens with one attached hydrogen (secondary N) is 1. The van der Waals surface area contributed by atoms with Crippen molar-refractivity contribution in [2.24, 2.45) is 0 Å². The third-order valence-corrected chi connectivity index (χ3v) is 3.80. The van der Waals surface area contributed by atoms with E-state index >= 15 is 0 Å². The zero-order valence-corrected chi connectivity index (χ0v) is 13.2. The van der Waals surface area contributed by atoms with Gasteiger partial charge in [0, 0.05) is 11.8 Å². The van der Waals surface area contributed by atoms with Gasteiger partial charge < -0.3 is 19.2 Å². The Labute approximate surface area is 137 Å². The molecule has 3 rings (SSSR count). The fraction of sp³-hybridized carbons (Fsp3) is 0.353. The molecule has 2 heterocycles. The monoisotopic (exact) mass is 331 g/mol. The van der Waals surface area contributed by atoms with Crippen molar-refractivity contribution in [3.63, 3.8) is 0 Å². The molecule has 0 bridgehead atoms. The maximum Gasteiger partial charge on any atom is 0.374 e. The van der Waals surface area contributed by atoms with Crippen molar-refractivity contribution in [1.82, 2.24) is 5.32 Å². The number of ether oxygens (including phenoxy) is 2. The van der Waals surface area contributed by atoms with Crippen LogP contribution in [-0.2, 0) is 25.7 Å². The van der Waals surface area contributed by atoms with Gasteiger partial charge in [0.15, 0.2) is 0 Å². The number of rotatable bonds is 5. The van der Waals surface area contributed by atoms with Crippen LogP contribution in [-0.4, -0.2) is 30.5 Å². The summed E-state index contributed by atoms with van der Waals surface area (Å²) in [6, 6.07) is 6.45. The van der Waals surface area contributed by atoms with Crippen LogP contribution in [0.2, 0.25) is 0 Å². The van der Waals surface area contributed by atoms with E-state index in [1.165, 1.54) is 0 Å². The molecule has 0 radical (unpaired) electrons. The Hall–Kier alpha value is -2.83. The highest BCUT2D eigenvalue weighted by Gasteiger charge is 2.29. The Morgan fingerprint density at radius 3 is 2.79 bits per heavy atom. The van der Waals surface area contributed by atoms with E-state index in [0.29, 0.717) is 29.4 Å². The fourth-order valence-corrected chi connectivity index (χ4v) is 2.64. The molecule has 0 unspecified atom stereocenters. The average Bonchev–Trinajstić information content (AvgIpc) is 3.16. The number of carbonyl (C=O) groups excluding carboxylic acids is 3. The minimum Gasteiger partial charge on any atom is -0.460 e. The van der Waals surface area contributed by atoms with E-state index in [1.807, 2.05) is 0 Å². The summed E-state index contributed by atoms with van der Waals surface area (Å²) >= 11 is 0. The molecule has 7 heteroatoms. The minimum absolute atomic E-state index is 0.0290. The highest BCUT2D eigenvalue weighted by molar-refractivity contribution is 5.96. The fourth-order valence-electron chi connectivity index (χ4n) is 2.64. The van der Waals surface area contributed by atoms with Crippen LogP contribution in [0, 0.1) is 0 Å².